The maximum atomic E-state index is 12.3. The van der Waals surface area contributed by atoms with Crippen LogP contribution < -0.4 is 15.5 Å². The number of amides is 1. The fourth-order valence-electron chi connectivity index (χ4n) is 5.35. The van der Waals surface area contributed by atoms with Crippen molar-refractivity contribution in [2.45, 2.75) is 53.1 Å². The zero-order valence-corrected chi connectivity index (χ0v) is 25.0. The molecule has 1 fully saturated rings. The van der Waals surface area contributed by atoms with Crippen molar-refractivity contribution in [1.29, 1.82) is 0 Å². The fourth-order valence-corrected chi connectivity index (χ4v) is 5.91. The number of nitrogens with zero attached hydrogens (tertiary/aromatic N) is 3. The van der Waals surface area contributed by atoms with Crippen molar-refractivity contribution >= 4 is 46.2 Å². The largest absolute Gasteiger partial charge is 0.351 e. The number of thiocarbonyl (C=S) groups is 1. The first kappa shape index (κ1) is 27.9. The summed E-state index contributed by atoms with van der Waals surface area (Å²) < 4.78 is 2.29. The van der Waals surface area contributed by atoms with Gasteiger partial charge in [-0.1, -0.05) is 50.6 Å². The Morgan fingerprint density at radius 3 is 2.42 bits per heavy atom. The van der Waals surface area contributed by atoms with Gasteiger partial charge in [0.15, 0.2) is 5.11 Å². The van der Waals surface area contributed by atoms with E-state index in [1.165, 1.54) is 5.56 Å². The third-order valence-corrected chi connectivity index (χ3v) is 8.13. The van der Waals surface area contributed by atoms with E-state index in [0.717, 1.165) is 40.4 Å². The predicted octanol–water partition coefficient (Wildman–Crippen LogP) is 7.48. The number of nitrogens with one attached hydrogen (secondary N) is 2. The van der Waals surface area contributed by atoms with Gasteiger partial charge < -0.3 is 20.1 Å². The number of aromatic nitrogens is 2. The molecule has 2 aromatic carbocycles. The van der Waals surface area contributed by atoms with Crippen LogP contribution in [-0.4, -0.2) is 20.6 Å². The maximum Gasteiger partial charge on any atom is 0.226 e. The predicted molar refractivity (Wildman–Crippen MR) is 167 cm³/mol. The van der Waals surface area contributed by atoms with E-state index >= 15 is 0 Å². The van der Waals surface area contributed by atoms with Crippen molar-refractivity contribution in [2.24, 2.45) is 5.92 Å². The summed E-state index contributed by atoms with van der Waals surface area (Å²) in [6, 6.07) is 22.2. The second kappa shape index (κ2) is 11.4. The summed E-state index contributed by atoms with van der Waals surface area (Å²) in [6.45, 7) is 10.2. The molecule has 1 amide bonds. The van der Waals surface area contributed by atoms with Crippen LogP contribution >= 0.6 is 23.8 Å². The maximum absolute atomic E-state index is 12.3. The van der Waals surface area contributed by atoms with Gasteiger partial charge in [-0.3, -0.25) is 9.78 Å². The molecule has 5 rings (SSSR count). The number of benzene rings is 2. The van der Waals surface area contributed by atoms with Crippen LogP contribution in [0.4, 0.5) is 11.4 Å². The minimum atomic E-state index is -0.177. The topological polar surface area (TPSA) is 62.2 Å². The van der Waals surface area contributed by atoms with E-state index in [2.05, 4.69) is 76.2 Å². The summed E-state index contributed by atoms with van der Waals surface area (Å²) in [5.41, 5.74) is 8.17. The lowest BCUT2D eigenvalue weighted by molar-refractivity contribution is -0.118. The van der Waals surface area contributed by atoms with Gasteiger partial charge in [-0.05, 0) is 92.1 Å². The van der Waals surface area contributed by atoms with Gasteiger partial charge in [-0.2, -0.15) is 0 Å². The Labute approximate surface area is 246 Å². The molecule has 0 aliphatic carbocycles. The van der Waals surface area contributed by atoms with Gasteiger partial charge >= 0.3 is 0 Å². The molecule has 2 N–H and O–H groups in total. The first-order valence-corrected chi connectivity index (χ1v) is 14.4. The Kier molecular flexibility index (Phi) is 7.97. The van der Waals surface area contributed by atoms with Crippen LogP contribution in [0.25, 0.3) is 5.69 Å². The molecule has 3 heterocycles. The Hall–Kier alpha value is -3.68. The highest BCUT2D eigenvalue weighted by atomic mass is 35.5. The fraction of sp³-hybridized carbons (Fsp3) is 0.281. The molecule has 206 valence electrons. The minimum Gasteiger partial charge on any atom is -0.351 e. The number of carbonyl (C=O) groups excluding carboxylic acids is 1. The second-order valence-corrected chi connectivity index (χ2v) is 11.3. The summed E-state index contributed by atoms with van der Waals surface area (Å²) >= 11 is 12.6. The lowest BCUT2D eigenvalue weighted by atomic mass is 9.96. The summed E-state index contributed by atoms with van der Waals surface area (Å²) in [6.07, 6.45) is 2.81. The first-order valence-electron chi connectivity index (χ1n) is 13.6. The molecular formula is C32H34ClN5OS. The molecule has 1 aliphatic heterocycles. The lowest BCUT2D eigenvalue weighted by Gasteiger charge is -2.28. The smallest absolute Gasteiger partial charge is 0.226 e. The van der Waals surface area contributed by atoms with E-state index in [1.807, 2.05) is 50.2 Å². The molecule has 2 atom stereocenters. The summed E-state index contributed by atoms with van der Waals surface area (Å²) in [7, 11) is 0. The van der Waals surface area contributed by atoms with Crippen molar-refractivity contribution in [3.8, 4) is 5.69 Å². The van der Waals surface area contributed by atoms with E-state index in [9.17, 15) is 4.79 Å². The average Bonchev–Trinajstić information content (AvgIpc) is 3.44. The molecule has 6 nitrogen and oxygen atoms in total. The highest BCUT2D eigenvalue weighted by molar-refractivity contribution is 7.80. The van der Waals surface area contributed by atoms with E-state index in [-0.39, 0.29) is 23.9 Å². The lowest BCUT2D eigenvalue weighted by Crippen LogP contribution is -2.29. The minimum absolute atomic E-state index is 0.0829. The molecule has 40 heavy (non-hydrogen) atoms. The second-order valence-electron chi connectivity index (χ2n) is 10.5. The van der Waals surface area contributed by atoms with Gasteiger partial charge in [-0.15, -0.1) is 0 Å². The highest BCUT2D eigenvalue weighted by Gasteiger charge is 2.42. The molecule has 0 bridgehead atoms. The molecule has 0 saturated carbocycles. The summed E-state index contributed by atoms with van der Waals surface area (Å²) in [5, 5.41) is 7.49. The summed E-state index contributed by atoms with van der Waals surface area (Å²) in [5.74, 6) is -0.233. The molecule has 4 aromatic rings. The quantitative estimate of drug-likeness (QED) is 0.225. The van der Waals surface area contributed by atoms with Crippen molar-refractivity contribution in [1.82, 2.24) is 14.9 Å². The molecule has 0 radical (unpaired) electrons. The molecule has 1 aliphatic rings. The number of hydrogen-bond donors (Lipinski definition) is 2. The molecule has 1 saturated heterocycles. The summed E-state index contributed by atoms with van der Waals surface area (Å²) in [4.78, 5) is 19.1. The van der Waals surface area contributed by atoms with Crippen molar-refractivity contribution < 1.29 is 4.79 Å². The van der Waals surface area contributed by atoms with Crippen molar-refractivity contribution in [3.05, 3.63) is 106 Å². The number of halogens is 1. The monoisotopic (exact) mass is 571 g/mol. The molecule has 2 aromatic heterocycles. The number of anilines is 2. The number of rotatable bonds is 7. The zero-order chi connectivity index (χ0) is 28.6. The average molecular weight is 572 g/mol. The molecule has 8 heteroatoms. The van der Waals surface area contributed by atoms with Gasteiger partial charge in [0.2, 0.25) is 5.91 Å². The zero-order valence-electron chi connectivity index (χ0n) is 23.4. The van der Waals surface area contributed by atoms with Crippen LogP contribution in [0.5, 0.6) is 0 Å². The third kappa shape index (κ3) is 5.23. The van der Waals surface area contributed by atoms with Crippen LogP contribution in [-0.2, 0) is 11.2 Å². The van der Waals surface area contributed by atoms with E-state index in [1.54, 1.807) is 6.20 Å². The Morgan fingerprint density at radius 2 is 1.80 bits per heavy atom. The molecule has 0 spiro atoms. The number of aryl methyl sites for hydroxylation is 2. The van der Waals surface area contributed by atoms with E-state index in [0.29, 0.717) is 15.8 Å². The number of pyridine rings is 1. The van der Waals surface area contributed by atoms with Crippen molar-refractivity contribution in [3.63, 3.8) is 0 Å². The first-order chi connectivity index (χ1) is 19.2. The molecular weight excluding hydrogens is 538 g/mol. The van der Waals surface area contributed by atoms with E-state index < -0.39 is 0 Å². The van der Waals surface area contributed by atoms with Gasteiger partial charge in [0.25, 0.3) is 0 Å². The van der Waals surface area contributed by atoms with Gasteiger partial charge in [0, 0.05) is 34.9 Å². The Bertz CT molecular complexity index is 1550. The highest BCUT2D eigenvalue weighted by Crippen LogP contribution is 2.44. The van der Waals surface area contributed by atoms with E-state index in [4.69, 9.17) is 23.8 Å². The number of hydrogen-bond acceptors (Lipinski definition) is 3. The van der Waals surface area contributed by atoms with Crippen LogP contribution in [0.2, 0.25) is 5.02 Å². The van der Waals surface area contributed by atoms with Crippen LogP contribution in [0.1, 0.15) is 61.1 Å². The Morgan fingerprint density at radius 1 is 1.07 bits per heavy atom. The van der Waals surface area contributed by atoms with Crippen LogP contribution in [0, 0.1) is 19.8 Å². The van der Waals surface area contributed by atoms with Crippen molar-refractivity contribution in [2.75, 3.05) is 10.2 Å². The van der Waals surface area contributed by atoms with Gasteiger partial charge in [0.05, 0.1) is 28.5 Å². The SMILES string of the molecule is CCc1ccc(-n2c(C)cc([C@H]3[C@H](c4ccccn4)NC(=S)N3c3ccc(NC(=O)C(C)C)c(Cl)c3)c2C)cc1. The number of carbonyl (C=O) groups is 1. The molecule has 0 unspecified atom stereocenters. The van der Waals surface area contributed by atoms with Crippen LogP contribution in [0.3, 0.4) is 0 Å². The van der Waals surface area contributed by atoms with Crippen LogP contribution in [0.15, 0.2) is 72.9 Å². The third-order valence-electron chi connectivity index (χ3n) is 7.50. The normalized spacial score (nSPS) is 16.9. The van der Waals surface area contributed by atoms with Gasteiger partial charge in [0.1, 0.15) is 0 Å². The Balaban J connectivity index is 1.60. The standard InChI is InChI=1S/C32H34ClN5OS/c1-6-22-10-12-23(13-11-22)37-20(4)17-25(21(37)5)30-29(28-9-7-8-16-34-28)36-32(40)38(30)24-14-15-27(26(33)18-24)35-31(39)19(2)3/h7-19,29-30H,6H2,1-5H3,(H,35,39)(H,36,40)/t29-,30-/m0/s1. The van der Waals surface area contributed by atoms with Gasteiger partial charge in [-0.25, -0.2) is 0 Å².